The molecule has 1 aliphatic heterocycles. The van der Waals surface area contributed by atoms with Crippen LogP contribution in [0.1, 0.15) is 52.0 Å². The highest BCUT2D eigenvalue weighted by atomic mass is 19.4. The van der Waals surface area contributed by atoms with E-state index in [4.69, 9.17) is 4.74 Å². The van der Waals surface area contributed by atoms with E-state index in [1.54, 1.807) is 13.8 Å². The predicted molar refractivity (Wildman–Crippen MR) is 93.7 cm³/mol. The molecule has 0 spiro atoms. The average Bonchev–Trinajstić information content (AvgIpc) is 2.79. The minimum Gasteiger partial charge on any atom is -0.494 e. The molecular formula is C19H27F3N2O2. The Bertz CT molecular complexity index is 617. The van der Waals surface area contributed by atoms with Crippen LogP contribution in [0.4, 0.5) is 13.2 Å². The highest BCUT2D eigenvalue weighted by Gasteiger charge is 2.51. The minimum atomic E-state index is -4.39. The first-order valence-corrected chi connectivity index (χ1v) is 9.01. The van der Waals surface area contributed by atoms with Crippen LogP contribution < -0.4 is 10.2 Å². The Balaban J connectivity index is 1.92. The summed E-state index contributed by atoms with van der Waals surface area (Å²) in [7, 11) is 0. The number of hydrogen-bond donors (Lipinski definition) is 1. The second-order valence-corrected chi connectivity index (χ2v) is 7.28. The summed E-state index contributed by atoms with van der Waals surface area (Å²) in [6.07, 6.45) is -2.59. The summed E-state index contributed by atoms with van der Waals surface area (Å²) in [6.45, 7) is 5.79. The lowest BCUT2D eigenvalue weighted by atomic mass is 9.97. The number of alkyl halides is 3. The van der Waals surface area contributed by atoms with E-state index in [1.807, 2.05) is 31.2 Å². The van der Waals surface area contributed by atoms with Crippen molar-refractivity contribution < 1.29 is 22.7 Å². The van der Waals surface area contributed by atoms with Crippen LogP contribution in [0, 0.1) is 0 Å². The van der Waals surface area contributed by atoms with Crippen LogP contribution >= 0.6 is 0 Å². The Labute approximate surface area is 152 Å². The molecule has 0 aromatic heterocycles. The highest BCUT2D eigenvalue weighted by molar-refractivity contribution is 5.78. The third-order valence-corrected chi connectivity index (χ3v) is 4.58. The molecule has 2 rings (SSSR count). The summed E-state index contributed by atoms with van der Waals surface area (Å²) in [5, 5.41) is 1.09. The van der Waals surface area contributed by atoms with Gasteiger partial charge in [0.25, 0.3) is 0 Å². The molecule has 0 saturated carbocycles. The van der Waals surface area contributed by atoms with Crippen molar-refractivity contribution in [2.75, 3.05) is 6.61 Å². The number of aryl methyl sites for hydroxylation is 1. The van der Waals surface area contributed by atoms with Crippen LogP contribution in [0.3, 0.4) is 0 Å². The second-order valence-electron chi connectivity index (χ2n) is 7.28. The number of unbranched alkanes of at least 4 members (excludes halogenated alkanes) is 1. The van der Waals surface area contributed by atoms with Crippen molar-refractivity contribution in [1.29, 1.82) is 0 Å². The van der Waals surface area contributed by atoms with Crippen molar-refractivity contribution in [3.05, 3.63) is 29.8 Å². The third-order valence-electron chi connectivity index (χ3n) is 4.58. The number of hydrogen-bond acceptors (Lipinski definition) is 3. The predicted octanol–water partition coefficient (Wildman–Crippen LogP) is 4.24. The first kappa shape index (κ1) is 20.6. The number of halogens is 3. The van der Waals surface area contributed by atoms with Crippen molar-refractivity contribution >= 4 is 5.91 Å². The monoisotopic (exact) mass is 372 g/mol. The number of hydrazine groups is 1. The average molecular weight is 372 g/mol. The molecule has 1 fully saturated rings. The van der Waals surface area contributed by atoms with Crippen LogP contribution in [-0.4, -0.2) is 35.3 Å². The van der Waals surface area contributed by atoms with Gasteiger partial charge in [-0.05, 0) is 57.7 Å². The molecule has 0 aliphatic carbocycles. The number of amides is 1. The molecule has 4 nitrogen and oxygen atoms in total. The van der Waals surface area contributed by atoms with Gasteiger partial charge in [0.15, 0.2) is 0 Å². The number of ether oxygens (including phenoxy) is 1. The van der Waals surface area contributed by atoms with Gasteiger partial charge < -0.3 is 4.74 Å². The van der Waals surface area contributed by atoms with Gasteiger partial charge >= 0.3 is 6.18 Å². The van der Waals surface area contributed by atoms with Gasteiger partial charge in [0.2, 0.25) is 5.91 Å². The summed E-state index contributed by atoms with van der Waals surface area (Å²) in [4.78, 5) is 11.6. The Morgan fingerprint density at radius 1 is 1.31 bits per heavy atom. The molecule has 1 saturated heterocycles. The quantitative estimate of drug-likeness (QED) is 0.694. The number of rotatable bonds is 8. The van der Waals surface area contributed by atoms with Crippen LogP contribution in [0.25, 0.3) is 0 Å². The Morgan fingerprint density at radius 2 is 2.04 bits per heavy atom. The number of carbonyl (C=O) groups is 1. The molecule has 1 aromatic rings. The zero-order valence-electron chi connectivity index (χ0n) is 15.5. The van der Waals surface area contributed by atoms with E-state index in [2.05, 4.69) is 5.43 Å². The lowest BCUT2D eigenvalue weighted by Crippen LogP contribution is -2.56. The molecule has 1 atom stereocenters. The molecule has 1 heterocycles. The van der Waals surface area contributed by atoms with E-state index in [0.29, 0.717) is 25.9 Å². The number of nitrogens with one attached hydrogen (secondary N) is 1. The van der Waals surface area contributed by atoms with Gasteiger partial charge in [0.05, 0.1) is 6.61 Å². The van der Waals surface area contributed by atoms with Crippen molar-refractivity contribution in [3.8, 4) is 5.75 Å². The van der Waals surface area contributed by atoms with Gasteiger partial charge in [0.1, 0.15) is 11.8 Å². The normalized spacial score (nSPS) is 18.6. The molecule has 0 bridgehead atoms. The maximum absolute atomic E-state index is 13.5. The summed E-state index contributed by atoms with van der Waals surface area (Å²) < 4.78 is 46.0. The Hall–Kier alpha value is -1.76. The highest BCUT2D eigenvalue weighted by Crippen LogP contribution is 2.35. The molecular weight excluding hydrogens is 345 g/mol. The molecule has 26 heavy (non-hydrogen) atoms. The molecule has 1 aromatic carbocycles. The number of benzene rings is 1. The Morgan fingerprint density at radius 3 is 2.62 bits per heavy atom. The van der Waals surface area contributed by atoms with Gasteiger partial charge in [-0.3, -0.25) is 10.2 Å². The summed E-state index contributed by atoms with van der Waals surface area (Å²) in [5.74, 6) is 0.414. The lowest BCUT2D eigenvalue weighted by Gasteiger charge is -2.37. The second kappa shape index (κ2) is 8.29. The van der Waals surface area contributed by atoms with Crippen molar-refractivity contribution in [1.82, 2.24) is 10.4 Å². The smallest absolute Gasteiger partial charge is 0.405 e. The van der Waals surface area contributed by atoms with Crippen molar-refractivity contribution in [2.24, 2.45) is 0 Å². The van der Waals surface area contributed by atoms with Gasteiger partial charge in [-0.25, -0.2) is 5.01 Å². The summed E-state index contributed by atoms with van der Waals surface area (Å²) >= 11 is 0. The third kappa shape index (κ3) is 5.37. The lowest BCUT2D eigenvalue weighted by molar-refractivity contribution is -0.202. The molecule has 1 unspecified atom stereocenters. The first-order valence-electron chi connectivity index (χ1n) is 9.01. The van der Waals surface area contributed by atoms with Gasteiger partial charge in [0, 0.05) is 12.0 Å². The number of carbonyl (C=O) groups excluding carboxylic acids is 1. The fourth-order valence-electron chi connectivity index (χ4n) is 3.37. The molecule has 1 amide bonds. The van der Waals surface area contributed by atoms with E-state index in [0.717, 1.165) is 16.3 Å². The molecule has 1 aliphatic rings. The first-order chi connectivity index (χ1) is 12.1. The fraction of sp³-hybridized carbons (Fsp3) is 0.632. The molecule has 0 radical (unpaired) electrons. The van der Waals surface area contributed by atoms with Crippen molar-refractivity contribution in [2.45, 2.75) is 70.6 Å². The molecule has 1 N–H and O–H groups in total. The van der Waals surface area contributed by atoms with Crippen LogP contribution in [0.15, 0.2) is 24.3 Å². The van der Waals surface area contributed by atoms with E-state index in [1.165, 1.54) is 0 Å². The van der Waals surface area contributed by atoms with Crippen molar-refractivity contribution in [3.63, 3.8) is 0 Å². The molecule has 146 valence electrons. The SMILES string of the molecule is CCOc1cccc(CCCCC(N2NC(=O)CC2(C)C)C(F)(F)F)c1. The maximum Gasteiger partial charge on any atom is 0.405 e. The zero-order valence-corrected chi connectivity index (χ0v) is 15.5. The fourth-order valence-corrected chi connectivity index (χ4v) is 3.37. The van der Waals surface area contributed by atoms with Gasteiger partial charge in [-0.1, -0.05) is 18.6 Å². The van der Waals surface area contributed by atoms with Crippen LogP contribution in [0.2, 0.25) is 0 Å². The number of nitrogens with zero attached hydrogens (tertiary/aromatic N) is 1. The van der Waals surface area contributed by atoms with E-state index < -0.39 is 17.8 Å². The molecule has 7 heteroatoms. The maximum atomic E-state index is 13.5. The van der Waals surface area contributed by atoms with Crippen LogP contribution in [-0.2, 0) is 11.2 Å². The standard InChI is InChI=1S/C19H27F3N2O2/c1-4-26-15-10-7-9-14(12-15)8-5-6-11-16(19(20,21)22)24-18(2,3)13-17(25)23-24/h7,9-10,12,16H,4-6,8,11,13H2,1-3H3,(H,23,25). The van der Waals surface area contributed by atoms with Gasteiger partial charge in [-0.15, -0.1) is 0 Å². The van der Waals surface area contributed by atoms with Gasteiger partial charge in [-0.2, -0.15) is 13.2 Å². The van der Waals surface area contributed by atoms with Crippen LogP contribution in [0.5, 0.6) is 5.75 Å². The largest absolute Gasteiger partial charge is 0.494 e. The minimum absolute atomic E-state index is 0.0433. The summed E-state index contributed by atoms with van der Waals surface area (Å²) in [6, 6.07) is 5.97. The Kier molecular flexibility index (Phi) is 6.55. The zero-order chi connectivity index (χ0) is 19.4. The van der Waals surface area contributed by atoms with E-state index in [9.17, 15) is 18.0 Å². The van der Waals surface area contributed by atoms with E-state index in [-0.39, 0.29) is 18.7 Å². The topological polar surface area (TPSA) is 41.6 Å². The summed E-state index contributed by atoms with van der Waals surface area (Å²) in [5.41, 5.74) is 2.59. The van der Waals surface area contributed by atoms with E-state index >= 15 is 0 Å².